The van der Waals surface area contributed by atoms with Gasteiger partial charge < -0.3 is 9.80 Å². The highest BCUT2D eigenvalue weighted by Crippen LogP contribution is 2.41. The molecule has 1 fully saturated rings. The van der Waals surface area contributed by atoms with Gasteiger partial charge in [0.05, 0.1) is 11.1 Å². The Balaban J connectivity index is 1.73. The average Bonchev–Trinajstić information content (AvgIpc) is 2.77. The molecule has 5 nitrogen and oxygen atoms in total. The first-order valence-electron chi connectivity index (χ1n) is 9.56. The molecule has 0 N–H and O–H groups in total. The van der Waals surface area contributed by atoms with E-state index in [1.54, 1.807) is 23.1 Å². The lowest BCUT2D eigenvalue weighted by atomic mass is 9.98. The van der Waals surface area contributed by atoms with Crippen molar-refractivity contribution in [3.63, 3.8) is 0 Å². The normalized spacial score (nSPS) is 14.7. The minimum Gasteiger partial charge on any atom is -0.352 e. The van der Waals surface area contributed by atoms with Crippen molar-refractivity contribution >= 4 is 34.2 Å². The molecule has 1 aliphatic rings. The average molecular weight is 447 g/mol. The fraction of sp³-hybridized carbons (Fsp3) is 0.227. The number of aromatic nitrogens is 2. The molecule has 1 amide bonds. The Kier molecular flexibility index (Phi) is 5.58. The maximum absolute atomic E-state index is 13.5. The van der Waals surface area contributed by atoms with E-state index in [-0.39, 0.29) is 22.1 Å². The number of fused-ring (bicyclic) bond motifs is 1. The molecule has 0 bridgehead atoms. The standard InChI is InChI=1S/C22H18ClF3N4O/c1-2-20(31)29-7-9-30(10-8-29)21-16-11-18(23)15(12-19(16)27-13-28-21)14-5-3-4-6-17(14)22(24,25)26/h2-6,11-13H,1,7-10H2. The second kappa shape index (κ2) is 8.19. The summed E-state index contributed by atoms with van der Waals surface area (Å²) in [6.45, 7) is 5.65. The monoisotopic (exact) mass is 446 g/mol. The van der Waals surface area contributed by atoms with E-state index in [1.807, 2.05) is 4.90 Å². The van der Waals surface area contributed by atoms with Crippen molar-refractivity contribution < 1.29 is 18.0 Å². The van der Waals surface area contributed by atoms with Gasteiger partial charge in [-0.15, -0.1) is 0 Å². The van der Waals surface area contributed by atoms with E-state index >= 15 is 0 Å². The van der Waals surface area contributed by atoms with E-state index in [4.69, 9.17) is 11.6 Å². The molecule has 0 atom stereocenters. The fourth-order valence-electron chi connectivity index (χ4n) is 3.75. The van der Waals surface area contributed by atoms with Crippen LogP contribution in [0.15, 0.2) is 55.4 Å². The SMILES string of the molecule is C=CC(=O)N1CCN(c2ncnc3cc(-c4ccccc4C(F)(F)F)c(Cl)cc23)CC1. The van der Waals surface area contributed by atoms with Crippen LogP contribution in [-0.2, 0) is 11.0 Å². The van der Waals surface area contributed by atoms with Crippen LogP contribution in [0.2, 0.25) is 5.02 Å². The van der Waals surface area contributed by atoms with Crippen molar-refractivity contribution in [3.8, 4) is 11.1 Å². The molecule has 3 aromatic rings. The molecule has 0 aliphatic carbocycles. The summed E-state index contributed by atoms with van der Waals surface area (Å²) in [5.74, 6) is 0.511. The fourth-order valence-corrected chi connectivity index (χ4v) is 4.02. The summed E-state index contributed by atoms with van der Waals surface area (Å²) < 4.78 is 40.5. The molecule has 1 aromatic heterocycles. The molecule has 0 spiro atoms. The van der Waals surface area contributed by atoms with E-state index in [0.717, 1.165) is 6.07 Å². The van der Waals surface area contributed by atoms with Crippen LogP contribution in [0.5, 0.6) is 0 Å². The lowest BCUT2D eigenvalue weighted by molar-refractivity contribution is -0.137. The summed E-state index contributed by atoms with van der Waals surface area (Å²) in [7, 11) is 0. The van der Waals surface area contributed by atoms with Crippen molar-refractivity contribution in [2.24, 2.45) is 0 Å². The summed E-state index contributed by atoms with van der Waals surface area (Å²) in [5.41, 5.74) is -0.00809. The number of rotatable bonds is 3. The van der Waals surface area contributed by atoms with Gasteiger partial charge in [-0.05, 0) is 29.8 Å². The Labute approximate surface area is 181 Å². The summed E-state index contributed by atoms with van der Waals surface area (Å²) >= 11 is 6.45. The lowest BCUT2D eigenvalue weighted by Gasteiger charge is -2.35. The molecular weight excluding hydrogens is 429 g/mol. The number of carbonyl (C=O) groups is 1. The third-order valence-electron chi connectivity index (χ3n) is 5.29. The second-order valence-electron chi connectivity index (χ2n) is 7.11. The number of hydrogen-bond acceptors (Lipinski definition) is 4. The first-order chi connectivity index (χ1) is 14.8. The van der Waals surface area contributed by atoms with Crippen molar-refractivity contribution in [2.75, 3.05) is 31.1 Å². The Morgan fingerprint density at radius 2 is 1.77 bits per heavy atom. The first kappa shape index (κ1) is 21.1. The highest BCUT2D eigenvalue weighted by molar-refractivity contribution is 6.34. The zero-order valence-electron chi connectivity index (χ0n) is 16.4. The topological polar surface area (TPSA) is 49.3 Å². The van der Waals surface area contributed by atoms with Crippen LogP contribution in [-0.4, -0.2) is 47.0 Å². The van der Waals surface area contributed by atoms with Crippen LogP contribution in [0.25, 0.3) is 22.0 Å². The van der Waals surface area contributed by atoms with Gasteiger partial charge in [-0.3, -0.25) is 4.79 Å². The van der Waals surface area contributed by atoms with Crippen LogP contribution >= 0.6 is 11.6 Å². The number of anilines is 1. The van der Waals surface area contributed by atoms with Gasteiger partial charge in [0.15, 0.2) is 0 Å². The van der Waals surface area contributed by atoms with E-state index in [2.05, 4.69) is 16.5 Å². The minimum atomic E-state index is -4.51. The summed E-state index contributed by atoms with van der Waals surface area (Å²) in [6.07, 6.45) is -1.84. The van der Waals surface area contributed by atoms with Crippen molar-refractivity contribution in [2.45, 2.75) is 6.18 Å². The van der Waals surface area contributed by atoms with E-state index < -0.39 is 11.7 Å². The molecule has 0 saturated carbocycles. The Hall–Kier alpha value is -3.13. The Morgan fingerprint density at radius 3 is 2.45 bits per heavy atom. The number of carbonyl (C=O) groups excluding carboxylic acids is 1. The number of amides is 1. The van der Waals surface area contributed by atoms with Gasteiger partial charge in [0.25, 0.3) is 0 Å². The zero-order valence-corrected chi connectivity index (χ0v) is 17.1. The maximum atomic E-state index is 13.5. The first-order valence-corrected chi connectivity index (χ1v) is 9.94. The van der Waals surface area contributed by atoms with Gasteiger partial charge in [-0.25, -0.2) is 9.97 Å². The number of alkyl halides is 3. The van der Waals surface area contributed by atoms with Gasteiger partial charge in [0, 0.05) is 42.2 Å². The summed E-state index contributed by atoms with van der Waals surface area (Å²) in [6, 6.07) is 8.48. The number of hydrogen-bond donors (Lipinski definition) is 0. The van der Waals surface area contributed by atoms with E-state index in [0.29, 0.717) is 42.9 Å². The van der Waals surface area contributed by atoms with Crippen molar-refractivity contribution in [1.29, 1.82) is 0 Å². The maximum Gasteiger partial charge on any atom is 0.417 e. The minimum absolute atomic E-state index is 0.00128. The van der Waals surface area contributed by atoms with Crippen LogP contribution in [0.4, 0.5) is 19.0 Å². The van der Waals surface area contributed by atoms with Gasteiger partial charge >= 0.3 is 6.18 Å². The van der Waals surface area contributed by atoms with E-state index in [9.17, 15) is 18.0 Å². The molecule has 31 heavy (non-hydrogen) atoms. The van der Waals surface area contributed by atoms with Crippen LogP contribution in [0, 0.1) is 0 Å². The summed E-state index contributed by atoms with van der Waals surface area (Å²) in [5, 5.41) is 0.824. The van der Waals surface area contributed by atoms with Crippen LogP contribution < -0.4 is 4.90 Å². The Morgan fingerprint density at radius 1 is 1.06 bits per heavy atom. The van der Waals surface area contributed by atoms with Crippen LogP contribution in [0.1, 0.15) is 5.56 Å². The molecule has 0 radical (unpaired) electrons. The molecule has 4 rings (SSSR count). The van der Waals surface area contributed by atoms with Crippen molar-refractivity contribution in [1.82, 2.24) is 14.9 Å². The quantitative estimate of drug-likeness (QED) is 0.542. The number of benzene rings is 2. The third-order valence-corrected chi connectivity index (χ3v) is 5.60. The predicted octanol–water partition coefficient (Wildman–Crippen LogP) is 4.80. The highest BCUT2D eigenvalue weighted by Gasteiger charge is 2.34. The molecule has 9 heteroatoms. The second-order valence-corrected chi connectivity index (χ2v) is 7.51. The van der Waals surface area contributed by atoms with Gasteiger partial charge in [-0.2, -0.15) is 13.2 Å². The highest BCUT2D eigenvalue weighted by atomic mass is 35.5. The smallest absolute Gasteiger partial charge is 0.352 e. The van der Waals surface area contributed by atoms with E-state index in [1.165, 1.54) is 24.5 Å². The third kappa shape index (κ3) is 4.07. The molecular formula is C22H18ClF3N4O. The lowest BCUT2D eigenvalue weighted by Crippen LogP contribution is -2.48. The summed E-state index contributed by atoms with van der Waals surface area (Å²) in [4.78, 5) is 24.1. The van der Waals surface area contributed by atoms with Gasteiger partial charge in [0.1, 0.15) is 12.1 Å². The van der Waals surface area contributed by atoms with Crippen molar-refractivity contribution in [3.05, 3.63) is 66.0 Å². The molecule has 160 valence electrons. The number of halogens is 4. The number of nitrogens with zero attached hydrogens (tertiary/aromatic N) is 4. The molecule has 2 aromatic carbocycles. The molecule has 1 aliphatic heterocycles. The Bertz CT molecular complexity index is 1160. The molecule has 0 unspecified atom stereocenters. The molecule has 2 heterocycles. The zero-order chi connectivity index (χ0) is 22.2. The van der Waals surface area contributed by atoms with Crippen LogP contribution in [0.3, 0.4) is 0 Å². The number of piperazine rings is 1. The predicted molar refractivity (Wildman–Crippen MR) is 114 cm³/mol. The molecule has 1 saturated heterocycles. The largest absolute Gasteiger partial charge is 0.417 e. The van der Waals surface area contributed by atoms with Gasteiger partial charge in [-0.1, -0.05) is 36.4 Å². The van der Waals surface area contributed by atoms with Gasteiger partial charge in [0.2, 0.25) is 5.91 Å².